The third-order valence-corrected chi connectivity index (χ3v) is 3.99. The van der Waals surface area contributed by atoms with Crippen LogP contribution in [-0.4, -0.2) is 22.6 Å². The van der Waals surface area contributed by atoms with Crippen molar-refractivity contribution in [1.82, 2.24) is 9.97 Å². The van der Waals surface area contributed by atoms with Crippen molar-refractivity contribution in [2.24, 2.45) is 11.8 Å². The number of piperidine rings is 1. The van der Waals surface area contributed by atoms with Crippen LogP contribution in [0, 0.1) is 11.8 Å². The molecule has 0 aromatic carbocycles. The molecular formula is C12H18ClN3O. The molecule has 0 bridgehead atoms. The van der Waals surface area contributed by atoms with Gasteiger partial charge in [-0.15, -0.1) is 0 Å². The van der Waals surface area contributed by atoms with E-state index in [9.17, 15) is 4.79 Å². The average molecular weight is 256 g/mol. The van der Waals surface area contributed by atoms with Crippen molar-refractivity contribution in [3.05, 3.63) is 21.7 Å². The average Bonchev–Trinajstić information content (AvgIpc) is 2.27. The first kappa shape index (κ1) is 12.4. The summed E-state index contributed by atoms with van der Waals surface area (Å²) in [5, 5.41) is 0.195. The number of H-pyrrole nitrogens is 1. The van der Waals surface area contributed by atoms with E-state index in [-0.39, 0.29) is 10.6 Å². The van der Waals surface area contributed by atoms with E-state index in [1.54, 1.807) is 0 Å². The maximum atomic E-state index is 11.5. The first-order chi connectivity index (χ1) is 8.00. The summed E-state index contributed by atoms with van der Waals surface area (Å²) in [6.45, 7) is 7.52. The summed E-state index contributed by atoms with van der Waals surface area (Å²) in [6.07, 6.45) is 2.62. The Morgan fingerprint density at radius 1 is 1.47 bits per heavy atom. The van der Waals surface area contributed by atoms with Gasteiger partial charge in [0.25, 0.3) is 5.56 Å². The Kier molecular flexibility index (Phi) is 3.43. The monoisotopic (exact) mass is 255 g/mol. The maximum Gasteiger partial charge on any atom is 0.271 e. The molecule has 0 amide bonds. The Labute approximate surface area is 106 Å². The van der Waals surface area contributed by atoms with Crippen molar-refractivity contribution in [2.45, 2.75) is 33.2 Å². The molecule has 1 aliphatic rings. The molecule has 5 heteroatoms. The van der Waals surface area contributed by atoms with Crippen LogP contribution in [0.5, 0.6) is 0 Å². The van der Waals surface area contributed by atoms with Crippen LogP contribution in [0.4, 0.5) is 5.82 Å². The van der Waals surface area contributed by atoms with Crippen molar-refractivity contribution < 1.29 is 0 Å². The van der Waals surface area contributed by atoms with E-state index in [4.69, 9.17) is 11.6 Å². The van der Waals surface area contributed by atoms with Crippen molar-refractivity contribution in [2.75, 3.05) is 11.4 Å². The fourth-order valence-corrected chi connectivity index (χ4v) is 2.78. The van der Waals surface area contributed by atoms with Gasteiger partial charge in [-0.25, -0.2) is 4.98 Å². The minimum absolute atomic E-state index is 0.195. The summed E-state index contributed by atoms with van der Waals surface area (Å²) < 4.78 is 0. The number of hydrogen-bond acceptors (Lipinski definition) is 3. The van der Waals surface area contributed by atoms with E-state index >= 15 is 0 Å². The van der Waals surface area contributed by atoms with Crippen LogP contribution in [0.1, 0.15) is 27.2 Å². The molecule has 1 N–H and O–H groups in total. The summed E-state index contributed by atoms with van der Waals surface area (Å²) in [4.78, 5) is 20.4. The molecule has 1 aromatic heterocycles. The molecule has 0 radical (unpaired) electrons. The van der Waals surface area contributed by atoms with E-state index in [0.29, 0.717) is 23.7 Å². The number of anilines is 1. The molecule has 17 heavy (non-hydrogen) atoms. The third-order valence-electron chi connectivity index (χ3n) is 3.65. The van der Waals surface area contributed by atoms with Gasteiger partial charge in [0.1, 0.15) is 5.02 Å². The van der Waals surface area contributed by atoms with E-state index in [2.05, 4.69) is 35.6 Å². The molecule has 0 aliphatic carbocycles. The minimum atomic E-state index is -0.269. The van der Waals surface area contributed by atoms with Crippen LogP contribution >= 0.6 is 11.6 Å². The quantitative estimate of drug-likeness (QED) is 0.838. The molecule has 1 aromatic rings. The minimum Gasteiger partial charge on any atom is -0.352 e. The van der Waals surface area contributed by atoms with E-state index in [1.165, 1.54) is 12.7 Å². The highest BCUT2D eigenvalue weighted by atomic mass is 35.5. The van der Waals surface area contributed by atoms with Crippen LogP contribution in [0.3, 0.4) is 0 Å². The number of nitrogens with one attached hydrogen (secondary N) is 1. The zero-order chi connectivity index (χ0) is 12.6. The van der Waals surface area contributed by atoms with Gasteiger partial charge in [0, 0.05) is 12.6 Å². The van der Waals surface area contributed by atoms with Crippen LogP contribution in [0.25, 0.3) is 0 Å². The first-order valence-electron chi connectivity index (χ1n) is 6.00. The number of rotatable bonds is 1. The smallest absolute Gasteiger partial charge is 0.271 e. The SMILES string of the molecule is CC1CC(C)C(C)N(c2nc[nH]c(=O)c2Cl)C1. The Bertz CT molecular complexity index is 459. The lowest BCUT2D eigenvalue weighted by molar-refractivity contribution is 0.295. The van der Waals surface area contributed by atoms with Crippen LogP contribution in [0.2, 0.25) is 5.02 Å². The molecular weight excluding hydrogens is 238 g/mol. The molecule has 2 heterocycles. The Morgan fingerprint density at radius 3 is 2.88 bits per heavy atom. The second-order valence-corrected chi connectivity index (χ2v) is 5.46. The van der Waals surface area contributed by atoms with Crippen LogP contribution < -0.4 is 10.5 Å². The second kappa shape index (κ2) is 4.69. The molecule has 3 atom stereocenters. The summed E-state index contributed by atoms with van der Waals surface area (Å²) in [5.41, 5.74) is -0.269. The van der Waals surface area contributed by atoms with Crippen LogP contribution in [-0.2, 0) is 0 Å². The lowest BCUT2D eigenvalue weighted by Gasteiger charge is -2.41. The Balaban J connectivity index is 2.38. The van der Waals surface area contributed by atoms with Gasteiger partial charge in [-0.05, 0) is 25.2 Å². The zero-order valence-electron chi connectivity index (χ0n) is 10.4. The van der Waals surface area contributed by atoms with Crippen molar-refractivity contribution >= 4 is 17.4 Å². The van der Waals surface area contributed by atoms with Gasteiger partial charge in [0.05, 0.1) is 6.33 Å². The summed E-state index contributed by atoms with van der Waals surface area (Å²) in [6, 6.07) is 0.359. The summed E-state index contributed by atoms with van der Waals surface area (Å²) >= 11 is 6.04. The summed E-state index contributed by atoms with van der Waals surface area (Å²) in [5.74, 6) is 1.79. The molecule has 4 nitrogen and oxygen atoms in total. The molecule has 0 spiro atoms. The maximum absolute atomic E-state index is 11.5. The molecule has 1 aliphatic heterocycles. The number of hydrogen-bond donors (Lipinski definition) is 1. The van der Waals surface area contributed by atoms with Gasteiger partial charge in [0.15, 0.2) is 5.82 Å². The van der Waals surface area contributed by atoms with Gasteiger partial charge in [-0.2, -0.15) is 0 Å². The fraction of sp³-hybridized carbons (Fsp3) is 0.667. The number of nitrogens with zero attached hydrogens (tertiary/aromatic N) is 2. The van der Waals surface area contributed by atoms with E-state index in [0.717, 1.165) is 6.54 Å². The molecule has 2 rings (SSSR count). The molecule has 1 saturated heterocycles. The molecule has 0 saturated carbocycles. The van der Waals surface area contributed by atoms with Gasteiger partial charge in [-0.1, -0.05) is 25.4 Å². The van der Waals surface area contributed by atoms with Crippen molar-refractivity contribution in [3.8, 4) is 0 Å². The zero-order valence-corrected chi connectivity index (χ0v) is 11.2. The van der Waals surface area contributed by atoms with Gasteiger partial charge in [0.2, 0.25) is 0 Å². The predicted molar refractivity (Wildman–Crippen MR) is 69.6 cm³/mol. The number of aromatic nitrogens is 2. The molecule has 1 fully saturated rings. The number of aromatic amines is 1. The molecule has 94 valence electrons. The normalized spacial score (nSPS) is 29.4. The third kappa shape index (κ3) is 2.32. The standard InChI is InChI=1S/C12H18ClN3O/c1-7-4-8(2)9(3)16(5-7)11-10(13)12(17)15-6-14-11/h6-9H,4-5H2,1-3H3,(H,14,15,17). The highest BCUT2D eigenvalue weighted by molar-refractivity contribution is 6.32. The van der Waals surface area contributed by atoms with E-state index < -0.39 is 0 Å². The lowest BCUT2D eigenvalue weighted by atomic mass is 9.86. The molecule has 3 unspecified atom stereocenters. The van der Waals surface area contributed by atoms with Crippen molar-refractivity contribution in [3.63, 3.8) is 0 Å². The highest BCUT2D eigenvalue weighted by Crippen LogP contribution is 2.32. The van der Waals surface area contributed by atoms with Gasteiger partial charge < -0.3 is 9.88 Å². The predicted octanol–water partition coefficient (Wildman–Crippen LogP) is 2.29. The van der Waals surface area contributed by atoms with Gasteiger partial charge >= 0.3 is 0 Å². The van der Waals surface area contributed by atoms with Crippen LogP contribution in [0.15, 0.2) is 11.1 Å². The second-order valence-electron chi connectivity index (χ2n) is 5.08. The van der Waals surface area contributed by atoms with E-state index in [1.807, 2.05) is 0 Å². The number of halogens is 1. The summed E-state index contributed by atoms with van der Waals surface area (Å²) in [7, 11) is 0. The highest BCUT2D eigenvalue weighted by Gasteiger charge is 2.31. The Morgan fingerprint density at radius 2 is 2.18 bits per heavy atom. The Hall–Kier alpha value is -1.03. The fourth-order valence-electron chi connectivity index (χ4n) is 2.57. The van der Waals surface area contributed by atoms with Crippen molar-refractivity contribution in [1.29, 1.82) is 0 Å². The largest absolute Gasteiger partial charge is 0.352 e. The topological polar surface area (TPSA) is 49.0 Å². The lowest BCUT2D eigenvalue weighted by Crippen LogP contribution is -2.46. The van der Waals surface area contributed by atoms with Gasteiger partial charge in [-0.3, -0.25) is 4.79 Å². The first-order valence-corrected chi connectivity index (χ1v) is 6.38.